The van der Waals surface area contributed by atoms with Crippen LogP contribution in [-0.4, -0.2) is 35.8 Å². The largest absolute Gasteiger partial charge is 0.451 e. The van der Waals surface area contributed by atoms with Gasteiger partial charge in [-0.15, -0.1) is 0 Å². The number of hydrogen-bond donors (Lipinski definition) is 3. The molecule has 8 heteroatoms. The first-order valence-electron chi connectivity index (χ1n) is 9.85. The van der Waals surface area contributed by atoms with E-state index in [0.717, 1.165) is 10.9 Å². The van der Waals surface area contributed by atoms with Crippen LogP contribution >= 0.6 is 11.8 Å². The van der Waals surface area contributed by atoms with E-state index in [1.807, 2.05) is 37.4 Å². The molecular formula is C23H25N3O4S. The molecule has 1 atom stereocenters. The van der Waals surface area contributed by atoms with Crippen molar-refractivity contribution in [2.45, 2.75) is 26.3 Å². The van der Waals surface area contributed by atoms with Crippen molar-refractivity contribution in [2.75, 3.05) is 12.0 Å². The molecule has 3 rings (SSSR count). The van der Waals surface area contributed by atoms with Crippen LogP contribution in [0, 0.1) is 13.8 Å². The minimum atomic E-state index is -0.794. The summed E-state index contributed by atoms with van der Waals surface area (Å²) >= 11 is 1.56. The number of furan rings is 1. The monoisotopic (exact) mass is 439 g/mol. The second-order valence-corrected chi connectivity index (χ2v) is 8.16. The molecule has 0 aliphatic rings. The van der Waals surface area contributed by atoms with Crippen molar-refractivity contribution in [1.29, 1.82) is 0 Å². The van der Waals surface area contributed by atoms with E-state index in [1.54, 1.807) is 43.0 Å². The number of rotatable bonds is 7. The van der Waals surface area contributed by atoms with Gasteiger partial charge in [-0.3, -0.25) is 25.2 Å². The second kappa shape index (κ2) is 10.2. The summed E-state index contributed by atoms with van der Waals surface area (Å²) in [6.45, 7) is 3.68. The lowest BCUT2D eigenvalue weighted by Crippen LogP contribution is -2.52. The molecule has 1 unspecified atom stereocenters. The van der Waals surface area contributed by atoms with Gasteiger partial charge < -0.3 is 9.73 Å². The number of thioether (sulfide) groups is 1. The van der Waals surface area contributed by atoms with Gasteiger partial charge in [-0.1, -0.05) is 35.9 Å². The zero-order chi connectivity index (χ0) is 22.4. The van der Waals surface area contributed by atoms with Gasteiger partial charge in [0.05, 0.1) is 0 Å². The van der Waals surface area contributed by atoms with Gasteiger partial charge >= 0.3 is 5.91 Å². The number of hydrazine groups is 1. The molecular weight excluding hydrogens is 414 g/mol. The number of hydrogen-bond acceptors (Lipinski definition) is 5. The van der Waals surface area contributed by atoms with Crippen LogP contribution in [0.5, 0.6) is 0 Å². The van der Waals surface area contributed by atoms with Gasteiger partial charge in [-0.2, -0.15) is 11.8 Å². The Morgan fingerprint density at radius 2 is 1.77 bits per heavy atom. The Balaban J connectivity index is 1.66. The third-order valence-corrected chi connectivity index (χ3v) is 5.51. The van der Waals surface area contributed by atoms with Gasteiger partial charge in [0, 0.05) is 16.5 Å². The van der Waals surface area contributed by atoms with E-state index in [2.05, 4.69) is 16.2 Å². The molecule has 0 bridgehead atoms. The summed E-state index contributed by atoms with van der Waals surface area (Å²) in [5.41, 5.74) is 7.51. The minimum absolute atomic E-state index is 0.131. The first-order chi connectivity index (χ1) is 14.9. The lowest BCUT2D eigenvalue weighted by Gasteiger charge is -2.18. The molecule has 2 aromatic carbocycles. The molecule has 0 radical (unpaired) electrons. The highest BCUT2D eigenvalue weighted by Crippen LogP contribution is 2.24. The number of carbonyl (C=O) groups is 3. The second-order valence-electron chi connectivity index (χ2n) is 7.17. The third-order valence-electron chi connectivity index (χ3n) is 4.86. The van der Waals surface area contributed by atoms with E-state index in [0.29, 0.717) is 28.9 Å². The van der Waals surface area contributed by atoms with Crippen molar-refractivity contribution in [2.24, 2.45) is 0 Å². The summed E-state index contributed by atoms with van der Waals surface area (Å²) in [5.74, 6) is -0.605. The Morgan fingerprint density at radius 1 is 1.00 bits per heavy atom. The Labute approximate surface area is 184 Å². The van der Waals surface area contributed by atoms with Gasteiger partial charge in [-0.05, 0) is 50.5 Å². The number of nitrogens with one attached hydrogen (secondary N) is 3. The Hall–Kier alpha value is -3.26. The number of aryl methyl sites for hydroxylation is 2. The lowest BCUT2D eigenvalue weighted by atomic mass is 10.1. The number of para-hydroxylation sites is 1. The van der Waals surface area contributed by atoms with E-state index < -0.39 is 17.9 Å². The van der Waals surface area contributed by atoms with Crippen LogP contribution < -0.4 is 16.2 Å². The van der Waals surface area contributed by atoms with E-state index >= 15 is 0 Å². The van der Waals surface area contributed by atoms with Crippen LogP contribution in [-0.2, 0) is 4.79 Å². The van der Waals surface area contributed by atoms with Gasteiger partial charge in [0.2, 0.25) is 0 Å². The molecule has 162 valence electrons. The Morgan fingerprint density at radius 3 is 2.48 bits per heavy atom. The van der Waals surface area contributed by atoms with Crippen molar-refractivity contribution in [3.05, 3.63) is 71.0 Å². The predicted octanol–water partition coefficient (Wildman–Crippen LogP) is 3.36. The Bertz CT molecular complexity index is 1110. The van der Waals surface area contributed by atoms with Crippen molar-refractivity contribution in [1.82, 2.24) is 16.2 Å². The molecule has 1 heterocycles. The normalized spacial score (nSPS) is 11.7. The molecule has 0 aliphatic heterocycles. The van der Waals surface area contributed by atoms with Crippen molar-refractivity contribution in [3.8, 4) is 0 Å². The van der Waals surface area contributed by atoms with Crippen molar-refractivity contribution in [3.63, 3.8) is 0 Å². The zero-order valence-corrected chi connectivity index (χ0v) is 18.5. The van der Waals surface area contributed by atoms with Crippen LogP contribution in [0.25, 0.3) is 11.0 Å². The molecule has 0 fully saturated rings. The summed E-state index contributed by atoms with van der Waals surface area (Å²) in [5, 5.41) is 3.59. The van der Waals surface area contributed by atoms with Gasteiger partial charge in [0.25, 0.3) is 11.8 Å². The maximum atomic E-state index is 12.7. The van der Waals surface area contributed by atoms with E-state index in [4.69, 9.17) is 4.42 Å². The van der Waals surface area contributed by atoms with E-state index in [1.165, 1.54) is 0 Å². The highest BCUT2D eigenvalue weighted by Gasteiger charge is 2.23. The maximum absolute atomic E-state index is 12.7. The van der Waals surface area contributed by atoms with Gasteiger partial charge in [0.1, 0.15) is 11.6 Å². The average molecular weight is 440 g/mol. The highest BCUT2D eigenvalue weighted by molar-refractivity contribution is 7.98. The van der Waals surface area contributed by atoms with Crippen LogP contribution in [0.3, 0.4) is 0 Å². The predicted molar refractivity (Wildman–Crippen MR) is 122 cm³/mol. The van der Waals surface area contributed by atoms with Crippen LogP contribution in [0.4, 0.5) is 0 Å². The fraction of sp³-hybridized carbons (Fsp3) is 0.261. The SMILES string of the molecule is CSCCC(NC(=O)c1cccc(C)c1)C(=O)NNC(=O)c1oc2ccccc2c1C. The summed E-state index contributed by atoms with van der Waals surface area (Å²) in [7, 11) is 0. The molecule has 0 saturated carbocycles. The lowest BCUT2D eigenvalue weighted by molar-refractivity contribution is -0.123. The number of carbonyl (C=O) groups excluding carboxylic acids is 3. The first-order valence-corrected chi connectivity index (χ1v) is 11.2. The van der Waals surface area contributed by atoms with Crippen LogP contribution in [0.1, 0.15) is 38.5 Å². The third kappa shape index (κ3) is 5.46. The smallest absolute Gasteiger partial charge is 0.305 e. The topological polar surface area (TPSA) is 100 Å². The summed E-state index contributed by atoms with van der Waals surface area (Å²) in [4.78, 5) is 37.8. The van der Waals surface area contributed by atoms with Crippen molar-refractivity contribution >= 4 is 40.5 Å². The zero-order valence-electron chi connectivity index (χ0n) is 17.7. The highest BCUT2D eigenvalue weighted by atomic mass is 32.2. The molecule has 3 N–H and O–H groups in total. The standard InChI is InChI=1S/C23H25N3O4S/c1-14-7-6-8-16(13-14)21(27)24-18(11-12-31-3)22(28)25-26-23(29)20-15(2)17-9-4-5-10-19(17)30-20/h4-10,13,18H,11-12H2,1-3H3,(H,24,27)(H,25,28)(H,26,29). The van der Waals surface area contributed by atoms with Crippen molar-refractivity contribution < 1.29 is 18.8 Å². The fourth-order valence-corrected chi connectivity index (χ4v) is 3.66. The van der Waals surface area contributed by atoms with Crippen LogP contribution in [0.15, 0.2) is 52.9 Å². The molecule has 0 saturated heterocycles. The van der Waals surface area contributed by atoms with Crippen LogP contribution in [0.2, 0.25) is 0 Å². The number of amides is 3. The van der Waals surface area contributed by atoms with E-state index in [9.17, 15) is 14.4 Å². The molecule has 3 aromatic rings. The average Bonchev–Trinajstić information content (AvgIpc) is 3.11. The Kier molecular flexibility index (Phi) is 7.36. The summed E-state index contributed by atoms with van der Waals surface area (Å²) in [6, 6.07) is 13.7. The molecule has 0 aliphatic carbocycles. The molecule has 31 heavy (non-hydrogen) atoms. The first kappa shape index (κ1) is 22.4. The summed E-state index contributed by atoms with van der Waals surface area (Å²) < 4.78 is 5.62. The quantitative estimate of drug-likeness (QED) is 0.490. The molecule has 0 spiro atoms. The number of fused-ring (bicyclic) bond motifs is 1. The number of benzene rings is 2. The van der Waals surface area contributed by atoms with Gasteiger partial charge in [-0.25, -0.2) is 0 Å². The van der Waals surface area contributed by atoms with E-state index in [-0.39, 0.29) is 11.7 Å². The minimum Gasteiger partial charge on any atom is -0.451 e. The maximum Gasteiger partial charge on any atom is 0.305 e. The molecule has 3 amide bonds. The fourth-order valence-electron chi connectivity index (χ4n) is 3.19. The van der Waals surface area contributed by atoms with Gasteiger partial charge in [0.15, 0.2) is 5.76 Å². The summed E-state index contributed by atoms with van der Waals surface area (Å²) in [6.07, 6.45) is 2.34. The molecule has 7 nitrogen and oxygen atoms in total. The molecule has 1 aromatic heterocycles.